The van der Waals surface area contributed by atoms with Gasteiger partial charge in [0.1, 0.15) is 15.9 Å². The molecule has 0 aliphatic heterocycles. The summed E-state index contributed by atoms with van der Waals surface area (Å²) in [6.07, 6.45) is -14.1. The SMILES string of the molecule is O=S(=O)([O-])c1cccc(OC(F)(F)C(F)(F)C(F)(F)C(F)(F)C(F)(F)C(F)(F)/C(F)=C(\F)C(F)(F)F)c1.[K+]. The number of hydrogen-bond acceptors (Lipinski definition) is 4. The molecule has 1 aromatic rings. The molecule has 0 fully saturated rings. The van der Waals surface area contributed by atoms with Gasteiger partial charge in [-0.1, -0.05) is 6.07 Å². The fraction of sp³-hybridized carbons (Fsp3) is 0.467. The maximum atomic E-state index is 13.7. The van der Waals surface area contributed by atoms with E-state index in [2.05, 4.69) is 4.74 Å². The third kappa shape index (κ3) is 6.21. The van der Waals surface area contributed by atoms with Crippen LogP contribution in [0.15, 0.2) is 40.8 Å². The van der Waals surface area contributed by atoms with Crippen molar-refractivity contribution in [3.05, 3.63) is 35.9 Å². The first-order chi connectivity index (χ1) is 16.0. The molecule has 23 heteroatoms. The topological polar surface area (TPSA) is 66.4 Å². The van der Waals surface area contributed by atoms with Gasteiger partial charge in [0.15, 0.2) is 0 Å². The predicted octanol–water partition coefficient (Wildman–Crippen LogP) is 3.46. The summed E-state index contributed by atoms with van der Waals surface area (Å²) in [6, 6.07) is 0.141. The van der Waals surface area contributed by atoms with Crippen LogP contribution in [0.25, 0.3) is 0 Å². The van der Waals surface area contributed by atoms with E-state index in [0.29, 0.717) is 0 Å². The molecule has 0 aliphatic carbocycles. The van der Waals surface area contributed by atoms with Crippen molar-refractivity contribution < 1.29 is 144 Å². The zero-order valence-corrected chi connectivity index (χ0v) is 21.2. The Morgan fingerprint density at radius 3 is 1.50 bits per heavy atom. The minimum absolute atomic E-state index is 0. The molecular weight excluding hydrogens is 638 g/mol. The first-order valence-electron chi connectivity index (χ1n) is 8.15. The van der Waals surface area contributed by atoms with Crippen molar-refractivity contribution in [3.63, 3.8) is 0 Å². The second-order valence-corrected chi connectivity index (χ2v) is 7.93. The molecule has 1 aromatic carbocycles. The van der Waals surface area contributed by atoms with Crippen molar-refractivity contribution in [1.29, 1.82) is 0 Å². The van der Waals surface area contributed by atoms with Crippen LogP contribution in [0.3, 0.4) is 0 Å². The molecule has 0 aliphatic rings. The number of hydrogen-bond donors (Lipinski definition) is 0. The smallest absolute Gasteiger partial charge is 0.744 e. The van der Waals surface area contributed by atoms with Gasteiger partial charge in [0, 0.05) is 0 Å². The van der Waals surface area contributed by atoms with Gasteiger partial charge in [-0.05, 0) is 18.2 Å². The Bertz CT molecular complexity index is 1160. The molecule has 214 valence electrons. The van der Waals surface area contributed by atoms with Crippen LogP contribution in [0.4, 0.5) is 74.6 Å². The number of rotatable bonds is 9. The minimum atomic E-state index is -8.59. The molecule has 0 heterocycles. The van der Waals surface area contributed by atoms with Gasteiger partial charge < -0.3 is 9.29 Å². The van der Waals surface area contributed by atoms with Crippen LogP contribution < -0.4 is 56.1 Å². The largest absolute Gasteiger partial charge is 1.00 e. The quantitative estimate of drug-likeness (QED) is 0.235. The van der Waals surface area contributed by atoms with E-state index in [1.165, 1.54) is 0 Å². The van der Waals surface area contributed by atoms with Crippen LogP contribution in [-0.2, 0) is 10.1 Å². The van der Waals surface area contributed by atoms with Crippen LogP contribution in [-0.4, -0.2) is 54.9 Å². The van der Waals surface area contributed by atoms with E-state index in [1.54, 1.807) is 0 Å². The molecule has 38 heavy (non-hydrogen) atoms. The Labute approximate surface area is 241 Å². The zero-order valence-electron chi connectivity index (χ0n) is 17.3. The first kappa shape index (κ1) is 37.1. The molecule has 0 atom stereocenters. The van der Waals surface area contributed by atoms with Crippen LogP contribution in [0, 0.1) is 0 Å². The molecular formula is C15H4F17KO4S. The first-order valence-corrected chi connectivity index (χ1v) is 9.55. The van der Waals surface area contributed by atoms with E-state index < -0.39 is 74.3 Å². The number of benzene rings is 1. The third-order valence-electron chi connectivity index (χ3n) is 4.00. The van der Waals surface area contributed by atoms with Crippen LogP contribution in [0.2, 0.25) is 0 Å². The Kier molecular flexibility index (Phi) is 10.6. The maximum absolute atomic E-state index is 13.7. The van der Waals surface area contributed by atoms with E-state index in [4.69, 9.17) is 0 Å². The van der Waals surface area contributed by atoms with Crippen molar-refractivity contribution in [2.24, 2.45) is 0 Å². The van der Waals surface area contributed by atoms with Gasteiger partial charge in [0.05, 0.1) is 4.90 Å². The van der Waals surface area contributed by atoms with Gasteiger partial charge in [-0.25, -0.2) is 12.8 Å². The molecule has 0 spiro atoms. The van der Waals surface area contributed by atoms with Crippen molar-refractivity contribution in [3.8, 4) is 5.75 Å². The van der Waals surface area contributed by atoms with Gasteiger partial charge in [0.2, 0.25) is 11.7 Å². The third-order valence-corrected chi connectivity index (χ3v) is 4.83. The number of allylic oxidation sites excluding steroid dienone is 2. The second-order valence-electron chi connectivity index (χ2n) is 6.55. The van der Waals surface area contributed by atoms with Crippen molar-refractivity contribution in [2.45, 2.75) is 46.8 Å². The Morgan fingerprint density at radius 2 is 1.11 bits per heavy atom. The zero-order chi connectivity index (χ0) is 29.8. The van der Waals surface area contributed by atoms with Gasteiger partial charge in [-0.2, -0.15) is 70.2 Å². The number of ether oxygens (including phenoxy) is 1. The summed E-state index contributed by atoms with van der Waals surface area (Å²) < 4.78 is 260. The van der Waals surface area contributed by atoms with Crippen LogP contribution in [0.1, 0.15) is 0 Å². The fourth-order valence-corrected chi connectivity index (χ4v) is 2.59. The number of alkyl halides is 15. The van der Waals surface area contributed by atoms with Crippen LogP contribution >= 0.6 is 0 Å². The monoisotopic (exact) mass is 642 g/mol. The molecule has 0 radical (unpaired) electrons. The summed E-state index contributed by atoms with van der Waals surface area (Å²) in [4.78, 5) is -1.58. The average Bonchev–Trinajstić information content (AvgIpc) is 2.70. The van der Waals surface area contributed by atoms with Gasteiger partial charge in [-0.15, -0.1) is 0 Å². The fourth-order valence-electron chi connectivity index (χ4n) is 2.08. The van der Waals surface area contributed by atoms with Gasteiger partial charge in [0.25, 0.3) is 0 Å². The van der Waals surface area contributed by atoms with E-state index in [-0.39, 0.29) is 75.7 Å². The summed E-state index contributed by atoms with van der Waals surface area (Å²) in [5, 5.41) is 0. The van der Waals surface area contributed by atoms with Crippen molar-refractivity contribution in [1.82, 2.24) is 0 Å². The van der Waals surface area contributed by atoms with E-state index >= 15 is 0 Å². The van der Waals surface area contributed by atoms with E-state index in [1.807, 2.05) is 0 Å². The van der Waals surface area contributed by atoms with Gasteiger partial charge in [-0.3, -0.25) is 0 Å². The molecule has 1 rings (SSSR count). The normalized spacial score (nSPS) is 15.5. The Morgan fingerprint density at radius 1 is 0.684 bits per heavy atom. The molecule has 0 N–H and O–H groups in total. The summed E-state index contributed by atoms with van der Waals surface area (Å²) in [5.74, 6) is -53.6. The molecule has 0 amide bonds. The second kappa shape index (κ2) is 10.8. The van der Waals surface area contributed by atoms with E-state index in [9.17, 15) is 87.6 Å². The summed E-state index contributed by atoms with van der Waals surface area (Å²) in [7, 11) is -5.59. The average molecular weight is 642 g/mol. The molecule has 0 bridgehead atoms. The van der Waals surface area contributed by atoms with Crippen LogP contribution in [0.5, 0.6) is 5.75 Å². The molecule has 0 unspecified atom stereocenters. The molecule has 0 aromatic heterocycles. The Balaban J connectivity index is 0.0000137. The number of halogens is 17. The predicted molar refractivity (Wildman–Crippen MR) is 80.0 cm³/mol. The van der Waals surface area contributed by atoms with Crippen molar-refractivity contribution >= 4 is 10.1 Å². The maximum Gasteiger partial charge on any atom is 1.00 e. The summed E-state index contributed by atoms with van der Waals surface area (Å²) in [6.45, 7) is 0. The standard InChI is InChI=1S/C15H5F17O4S.K/c16-7(8(17)10(20,21)22)9(18,19)11(23,24)12(25,26)13(27,28)14(29,30)15(31,32)36-5-2-1-3-6(4-5)37(33,34)35;/h1-4H,(H,33,34,35);/q;+1/p-1/b8-7+;. The molecule has 0 saturated carbocycles. The van der Waals surface area contributed by atoms with E-state index in [0.717, 1.165) is 0 Å². The van der Waals surface area contributed by atoms with Crippen molar-refractivity contribution in [2.75, 3.05) is 0 Å². The van der Waals surface area contributed by atoms with Gasteiger partial charge >= 0.3 is 93.3 Å². The summed E-state index contributed by atoms with van der Waals surface area (Å²) >= 11 is 0. The molecule has 4 nitrogen and oxygen atoms in total. The minimum Gasteiger partial charge on any atom is -0.744 e. The molecule has 0 saturated heterocycles. The summed E-state index contributed by atoms with van der Waals surface area (Å²) in [5.41, 5.74) is 0. The Hall–Kier alpha value is -0.884.